The first kappa shape index (κ1) is 15.5. The first-order chi connectivity index (χ1) is 11.2. The summed E-state index contributed by atoms with van der Waals surface area (Å²) in [6, 6.07) is 6.69. The zero-order chi connectivity index (χ0) is 16.2. The summed E-state index contributed by atoms with van der Waals surface area (Å²) >= 11 is 0. The molecule has 2 aromatic rings. The van der Waals surface area contributed by atoms with Gasteiger partial charge in [0.2, 0.25) is 0 Å². The van der Waals surface area contributed by atoms with Crippen molar-refractivity contribution in [3.05, 3.63) is 51.8 Å². The highest BCUT2D eigenvalue weighted by Crippen LogP contribution is 2.25. The van der Waals surface area contributed by atoms with Crippen LogP contribution >= 0.6 is 0 Å². The van der Waals surface area contributed by atoms with Gasteiger partial charge in [0.05, 0.1) is 18.6 Å². The van der Waals surface area contributed by atoms with Gasteiger partial charge in [-0.2, -0.15) is 5.10 Å². The molecule has 0 unspecified atom stereocenters. The molecule has 1 aliphatic rings. The molecule has 0 spiro atoms. The van der Waals surface area contributed by atoms with E-state index in [1.165, 1.54) is 23.5 Å². The summed E-state index contributed by atoms with van der Waals surface area (Å²) in [5, 5.41) is 18.1. The molecule has 23 heavy (non-hydrogen) atoms. The molecule has 1 aromatic carbocycles. The normalized spacial score (nSPS) is 16.8. The van der Waals surface area contributed by atoms with E-state index in [0.29, 0.717) is 12.6 Å². The van der Waals surface area contributed by atoms with Crippen LogP contribution < -0.4 is 10.1 Å². The zero-order valence-corrected chi connectivity index (χ0v) is 13.1. The first-order valence-electron chi connectivity index (χ1n) is 7.71. The van der Waals surface area contributed by atoms with Crippen molar-refractivity contribution in [2.45, 2.75) is 31.8 Å². The molecule has 1 N–H and O–H groups in total. The third-order valence-corrected chi connectivity index (χ3v) is 4.25. The summed E-state index contributed by atoms with van der Waals surface area (Å²) in [4.78, 5) is 10.2. The number of nitrogens with zero attached hydrogens (tertiary/aromatic N) is 3. The quantitative estimate of drug-likeness (QED) is 0.650. The van der Waals surface area contributed by atoms with E-state index < -0.39 is 4.92 Å². The molecular weight excluding hydrogens is 296 g/mol. The van der Waals surface area contributed by atoms with E-state index in [1.54, 1.807) is 11.8 Å². The van der Waals surface area contributed by atoms with Crippen LogP contribution in [0.15, 0.2) is 30.6 Å². The molecule has 0 saturated heterocycles. The number of aryl methyl sites for hydroxylation is 1. The van der Waals surface area contributed by atoms with Crippen LogP contribution in [0.3, 0.4) is 0 Å². The number of fused-ring (bicyclic) bond motifs is 1. The Hall–Kier alpha value is -2.41. The highest BCUT2D eigenvalue weighted by atomic mass is 16.6. The maximum absolute atomic E-state index is 10.6. The lowest BCUT2D eigenvalue weighted by molar-refractivity contribution is -0.385. The standard InChI is InChI=1S/C16H20N4O3/c1-23-16-5-3-12-2-4-14(8-13(12)9-16)17-6-7-19-11-15(10-18-19)20(21)22/h3,5,9-11,14,17H,2,4,6-8H2,1H3/t14-/m1/s1. The molecular formula is C16H20N4O3. The molecule has 7 nitrogen and oxygen atoms in total. The Morgan fingerprint density at radius 1 is 1.48 bits per heavy atom. The van der Waals surface area contributed by atoms with Crippen LogP contribution in [-0.4, -0.2) is 34.4 Å². The molecule has 1 heterocycles. The number of aromatic nitrogens is 2. The van der Waals surface area contributed by atoms with Gasteiger partial charge in [-0.25, -0.2) is 0 Å². The monoisotopic (exact) mass is 316 g/mol. The van der Waals surface area contributed by atoms with Gasteiger partial charge in [0.15, 0.2) is 0 Å². The third kappa shape index (κ3) is 3.68. The summed E-state index contributed by atoms with van der Waals surface area (Å²) < 4.78 is 6.89. The molecule has 0 bridgehead atoms. The van der Waals surface area contributed by atoms with Crippen molar-refractivity contribution in [1.29, 1.82) is 0 Å². The van der Waals surface area contributed by atoms with E-state index in [-0.39, 0.29) is 5.69 Å². The van der Waals surface area contributed by atoms with Crippen LogP contribution in [0.5, 0.6) is 5.75 Å². The fraction of sp³-hybridized carbons (Fsp3) is 0.438. The Labute approximate surface area is 134 Å². The van der Waals surface area contributed by atoms with Crippen molar-refractivity contribution in [2.24, 2.45) is 0 Å². The fourth-order valence-electron chi connectivity index (χ4n) is 2.99. The molecule has 1 aromatic heterocycles. The smallest absolute Gasteiger partial charge is 0.306 e. The lowest BCUT2D eigenvalue weighted by Crippen LogP contribution is -2.36. The van der Waals surface area contributed by atoms with Crippen LogP contribution in [0.25, 0.3) is 0 Å². The molecule has 0 saturated carbocycles. The molecule has 0 radical (unpaired) electrons. The topological polar surface area (TPSA) is 82.2 Å². The van der Waals surface area contributed by atoms with Crippen LogP contribution in [0.4, 0.5) is 5.69 Å². The lowest BCUT2D eigenvalue weighted by atomic mass is 9.88. The number of ether oxygens (including phenoxy) is 1. The van der Waals surface area contributed by atoms with Gasteiger partial charge in [-0.15, -0.1) is 0 Å². The van der Waals surface area contributed by atoms with Crippen LogP contribution in [0.1, 0.15) is 17.5 Å². The summed E-state index contributed by atoms with van der Waals surface area (Å²) in [7, 11) is 1.68. The minimum absolute atomic E-state index is 0.0312. The minimum Gasteiger partial charge on any atom is -0.497 e. The van der Waals surface area contributed by atoms with Crippen molar-refractivity contribution >= 4 is 5.69 Å². The second kappa shape index (κ2) is 6.78. The van der Waals surface area contributed by atoms with E-state index >= 15 is 0 Å². The number of benzene rings is 1. The number of nitrogens with one attached hydrogen (secondary N) is 1. The molecule has 0 fully saturated rings. The predicted molar refractivity (Wildman–Crippen MR) is 85.7 cm³/mol. The first-order valence-corrected chi connectivity index (χ1v) is 7.71. The van der Waals surface area contributed by atoms with E-state index in [2.05, 4.69) is 22.5 Å². The largest absolute Gasteiger partial charge is 0.497 e. The second-order valence-corrected chi connectivity index (χ2v) is 5.75. The van der Waals surface area contributed by atoms with Crippen molar-refractivity contribution in [3.8, 4) is 5.75 Å². The van der Waals surface area contributed by atoms with Gasteiger partial charge in [0.25, 0.3) is 0 Å². The Kier molecular flexibility index (Phi) is 4.57. The van der Waals surface area contributed by atoms with Gasteiger partial charge in [0.1, 0.15) is 18.1 Å². The molecule has 1 aliphatic carbocycles. The van der Waals surface area contributed by atoms with E-state index in [4.69, 9.17) is 4.74 Å². The number of hydrogen-bond donors (Lipinski definition) is 1. The van der Waals surface area contributed by atoms with Gasteiger partial charge in [0, 0.05) is 12.6 Å². The Bertz CT molecular complexity index is 698. The molecule has 0 amide bonds. The third-order valence-electron chi connectivity index (χ3n) is 4.25. The highest BCUT2D eigenvalue weighted by molar-refractivity contribution is 5.37. The minimum atomic E-state index is -0.428. The molecule has 1 atom stereocenters. The maximum atomic E-state index is 10.6. The van der Waals surface area contributed by atoms with E-state index in [1.807, 2.05) is 6.07 Å². The van der Waals surface area contributed by atoms with E-state index in [0.717, 1.165) is 31.6 Å². The summed E-state index contributed by atoms with van der Waals surface area (Å²) in [5.74, 6) is 0.897. The Balaban J connectivity index is 1.52. The summed E-state index contributed by atoms with van der Waals surface area (Å²) in [5.41, 5.74) is 2.76. The predicted octanol–water partition coefficient (Wildman–Crippen LogP) is 1.95. The number of methoxy groups -OCH3 is 1. The van der Waals surface area contributed by atoms with Gasteiger partial charge in [-0.1, -0.05) is 6.07 Å². The number of rotatable bonds is 6. The maximum Gasteiger partial charge on any atom is 0.306 e. The van der Waals surface area contributed by atoms with Gasteiger partial charge in [-0.05, 0) is 42.5 Å². The molecule has 3 rings (SSSR count). The van der Waals surface area contributed by atoms with Crippen LogP contribution in [-0.2, 0) is 19.4 Å². The molecule has 7 heteroatoms. The van der Waals surface area contributed by atoms with Crippen molar-refractivity contribution in [3.63, 3.8) is 0 Å². The number of hydrogen-bond acceptors (Lipinski definition) is 5. The van der Waals surface area contributed by atoms with Crippen LogP contribution in [0, 0.1) is 10.1 Å². The molecule has 122 valence electrons. The van der Waals surface area contributed by atoms with E-state index in [9.17, 15) is 10.1 Å². The SMILES string of the molecule is COc1ccc2c(c1)C[C@H](NCCn1cc([N+](=O)[O-])cn1)CC2. The lowest BCUT2D eigenvalue weighted by Gasteiger charge is -2.26. The van der Waals surface area contributed by atoms with Crippen LogP contribution in [0.2, 0.25) is 0 Å². The second-order valence-electron chi connectivity index (χ2n) is 5.75. The Morgan fingerprint density at radius 3 is 3.09 bits per heavy atom. The van der Waals surface area contributed by atoms with Crippen molar-refractivity contribution in [2.75, 3.05) is 13.7 Å². The van der Waals surface area contributed by atoms with Gasteiger partial charge < -0.3 is 10.1 Å². The zero-order valence-electron chi connectivity index (χ0n) is 13.1. The van der Waals surface area contributed by atoms with Gasteiger partial charge >= 0.3 is 5.69 Å². The van der Waals surface area contributed by atoms with Gasteiger partial charge in [-0.3, -0.25) is 14.8 Å². The Morgan fingerprint density at radius 2 is 2.35 bits per heavy atom. The van der Waals surface area contributed by atoms with Crippen molar-refractivity contribution < 1.29 is 9.66 Å². The van der Waals surface area contributed by atoms with Crippen molar-refractivity contribution in [1.82, 2.24) is 15.1 Å². The average molecular weight is 316 g/mol. The fourth-order valence-corrected chi connectivity index (χ4v) is 2.99. The summed E-state index contributed by atoms with van der Waals surface area (Å²) in [6.45, 7) is 1.36. The average Bonchev–Trinajstić information content (AvgIpc) is 3.03. The summed E-state index contributed by atoms with van der Waals surface area (Å²) in [6.07, 6.45) is 5.88. The molecule has 0 aliphatic heterocycles. The highest BCUT2D eigenvalue weighted by Gasteiger charge is 2.18. The number of nitro groups is 1.